The number of aliphatic carboxylic acids is 1. The average Bonchev–Trinajstić information content (AvgIpc) is 2.82. The van der Waals surface area contributed by atoms with Gasteiger partial charge in [-0.25, -0.2) is 4.98 Å². The summed E-state index contributed by atoms with van der Waals surface area (Å²) in [7, 11) is 0. The zero-order valence-corrected chi connectivity index (χ0v) is 10.1. The lowest BCUT2D eigenvalue weighted by molar-refractivity contribution is -0.139. The molecule has 1 aromatic heterocycles. The van der Waals surface area contributed by atoms with Gasteiger partial charge in [0.25, 0.3) is 5.91 Å². The molecule has 6 nitrogen and oxygen atoms in total. The Morgan fingerprint density at radius 1 is 1.39 bits per heavy atom. The molecule has 1 heterocycles. The van der Waals surface area contributed by atoms with Crippen molar-refractivity contribution in [2.24, 2.45) is 0 Å². The molecule has 0 bridgehead atoms. The maximum atomic E-state index is 12.0. The first-order valence-corrected chi connectivity index (χ1v) is 6.14. The fraction of sp³-hybridized carbons (Fsp3) is 0.583. The molecule has 0 unspecified atom stereocenters. The topological polar surface area (TPSA) is 95.1 Å². The monoisotopic (exact) mass is 251 g/mol. The van der Waals surface area contributed by atoms with E-state index in [9.17, 15) is 9.59 Å². The van der Waals surface area contributed by atoms with Crippen molar-refractivity contribution >= 4 is 11.9 Å². The summed E-state index contributed by atoms with van der Waals surface area (Å²) in [5, 5.41) is 11.9. The minimum Gasteiger partial charge on any atom is -0.481 e. The van der Waals surface area contributed by atoms with Gasteiger partial charge >= 0.3 is 5.97 Å². The second-order valence-electron chi connectivity index (χ2n) is 4.83. The van der Waals surface area contributed by atoms with Gasteiger partial charge in [0.15, 0.2) is 0 Å². The number of carbonyl (C=O) groups is 2. The summed E-state index contributed by atoms with van der Waals surface area (Å²) in [5.74, 6) is -1.16. The normalized spacial score (nSPS) is 18.2. The number of carbonyl (C=O) groups excluding carboxylic acids is 1. The average molecular weight is 251 g/mol. The lowest BCUT2D eigenvalue weighted by Crippen LogP contribution is -2.51. The molecule has 1 amide bonds. The van der Waals surface area contributed by atoms with Gasteiger partial charge in [0.05, 0.1) is 24.5 Å². The fourth-order valence-electron chi connectivity index (χ4n) is 2.55. The van der Waals surface area contributed by atoms with Gasteiger partial charge in [0, 0.05) is 0 Å². The van der Waals surface area contributed by atoms with Crippen LogP contribution in [0.25, 0.3) is 0 Å². The third kappa shape index (κ3) is 2.88. The Morgan fingerprint density at radius 2 is 2.11 bits per heavy atom. The van der Waals surface area contributed by atoms with Crippen LogP contribution < -0.4 is 5.32 Å². The number of nitrogens with zero attached hydrogens (tertiary/aromatic N) is 1. The van der Waals surface area contributed by atoms with E-state index in [-0.39, 0.29) is 12.3 Å². The molecule has 2 rings (SSSR count). The summed E-state index contributed by atoms with van der Waals surface area (Å²) < 4.78 is 0. The number of carboxylic acid groups (broad SMARTS) is 1. The van der Waals surface area contributed by atoms with E-state index in [0.717, 1.165) is 32.1 Å². The predicted octanol–water partition coefficient (Wildman–Crippen LogP) is 1.32. The Hall–Kier alpha value is -1.85. The van der Waals surface area contributed by atoms with E-state index >= 15 is 0 Å². The minimum absolute atomic E-state index is 0.0210. The second kappa shape index (κ2) is 5.20. The van der Waals surface area contributed by atoms with Gasteiger partial charge in [-0.15, -0.1) is 0 Å². The first-order valence-electron chi connectivity index (χ1n) is 6.14. The molecule has 0 atom stereocenters. The Kier molecular flexibility index (Phi) is 3.64. The number of carboxylic acids is 1. The molecule has 0 spiro atoms. The Bertz CT molecular complexity index is 422. The summed E-state index contributed by atoms with van der Waals surface area (Å²) in [6.45, 7) is 0. The Labute approximate surface area is 105 Å². The first-order chi connectivity index (χ1) is 8.61. The number of H-pyrrole nitrogens is 1. The van der Waals surface area contributed by atoms with E-state index in [1.165, 1.54) is 12.5 Å². The van der Waals surface area contributed by atoms with Gasteiger partial charge in [0.2, 0.25) is 0 Å². The summed E-state index contributed by atoms with van der Waals surface area (Å²) in [5.41, 5.74) is -0.239. The van der Waals surface area contributed by atoms with Crippen molar-refractivity contribution in [3.8, 4) is 0 Å². The van der Waals surface area contributed by atoms with Gasteiger partial charge in [-0.05, 0) is 12.8 Å². The molecule has 0 radical (unpaired) electrons. The molecule has 18 heavy (non-hydrogen) atoms. The van der Waals surface area contributed by atoms with E-state index in [1.807, 2.05) is 0 Å². The molecule has 0 aromatic carbocycles. The third-order valence-corrected chi connectivity index (χ3v) is 3.42. The zero-order chi connectivity index (χ0) is 13.0. The smallest absolute Gasteiger partial charge is 0.305 e. The van der Waals surface area contributed by atoms with Crippen LogP contribution in [0.4, 0.5) is 0 Å². The van der Waals surface area contributed by atoms with Gasteiger partial charge < -0.3 is 15.4 Å². The second-order valence-corrected chi connectivity index (χ2v) is 4.83. The number of imidazole rings is 1. The molecule has 1 aliphatic rings. The van der Waals surface area contributed by atoms with E-state index in [4.69, 9.17) is 5.11 Å². The molecule has 98 valence electrons. The molecule has 0 saturated heterocycles. The number of nitrogens with one attached hydrogen (secondary N) is 2. The molecule has 1 aliphatic carbocycles. The number of amides is 1. The number of aromatic amines is 1. The van der Waals surface area contributed by atoms with Crippen LogP contribution in [0.3, 0.4) is 0 Å². The zero-order valence-electron chi connectivity index (χ0n) is 10.1. The highest BCUT2D eigenvalue weighted by Crippen LogP contribution is 2.31. The molecule has 0 aliphatic heterocycles. The predicted molar refractivity (Wildman–Crippen MR) is 64.1 cm³/mol. The van der Waals surface area contributed by atoms with E-state index in [1.54, 1.807) is 0 Å². The number of hydrogen-bond donors (Lipinski definition) is 3. The summed E-state index contributed by atoms with van der Waals surface area (Å²) in [4.78, 5) is 29.5. The number of rotatable bonds is 4. The highest BCUT2D eigenvalue weighted by atomic mass is 16.4. The van der Waals surface area contributed by atoms with Crippen LogP contribution >= 0.6 is 0 Å². The number of hydrogen-bond acceptors (Lipinski definition) is 3. The summed E-state index contributed by atoms with van der Waals surface area (Å²) in [6, 6.07) is 0. The van der Waals surface area contributed by atoms with Crippen LogP contribution in [0, 0.1) is 0 Å². The quantitative estimate of drug-likeness (QED) is 0.752. The van der Waals surface area contributed by atoms with Crippen molar-refractivity contribution in [1.82, 2.24) is 15.3 Å². The van der Waals surface area contributed by atoms with E-state index in [0.29, 0.717) is 5.69 Å². The van der Waals surface area contributed by atoms with E-state index in [2.05, 4.69) is 15.3 Å². The molecular weight excluding hydrogens is 234 g/mol. The van der Waals surface area contributed by atoms with Crippen molar-refractivity contribution in [2.45, 2.75) is 44.1 Å². The van der Waals surface area contributed by atoms with Crippen LogP contribution in [0.2, 0.25) is 0 Å². The maximum Gasteiger partial charge on any atom is 0.305 e. The minimum atomic E-state index is -0.873. The highest BCUT2D eigenvalue weighted by molar-refractivity contribution is 5.92. The third-order valence-electron chi connectivity index (χ3n) is 3.42. The van der Waals surface area contributed by atoms with Crippen LogP contribution in [0.5, 0.6) is 0 Å². The molecule has 1 aromatic rings. The highest BCUT2D eigenvalue weighted by Gasteiger charge is 2.36. The molecule has 1 saturated carbocycles. The SMILES string of the molecule is O=C(O)CC1(NC(=O)c2cnc[nH]2)CCCCC1. The largest absolute Gasteiger partial charge is 0.481 e. The van der Waals surface area contributed by atoms with Crippen molar-refractivity contribution in [2.75, 3.05) is 0 Å². The van der Waals surface area contributed by atoms with Crippen LogP contribution in [-0.4, -0.2) is 32.5 Å². The Balaban J connectivity index is 2.09. The van der Waals surface area contributed by atoms with Gasteiger partial charge in [-0.1, -0.05) is 19.3 Å². The first kappa shape index (κ1) is 12.6. The van der Waals surface area contributed by atoms with E-state index < -0.39 is 11.5 Å². The van der Waals surface area contributed by atoms with Crippen molar-refractivity contribution in [3.05, 3.63) is 18.2 Å². The lowest BCUT2D eigenvalue weighted by atomic mass is 9.79. The van der Waals surface area contributed by atoms with Gasteiger partial charge in [0.1, 0.15) is 5.69 Å². The molecule has 3 N–H and O–H groups in total. The van der Waals surface area contributed by atoms with Gasteiger partial charge in [-0.3, -0.25) is 9.59 Å². The van der Waals surface area contributed by atoms with Crippen molar-refractivity contribution in [1.29, 1.82) is 0 Å². The van der Waals surface area contributed by atoms with Crippen molar-refractivity contribution < 1.29 is 14.7 Å². The number of aromatic nitrogens is 2. The fourth-order valence-corrected chi connectivity index (χ4v) is 2.55. The molecule has 6 heteroatoms. The summed E-state index contributed by atoms with van der Waals surface area (Å²) in [6.07, 6.45) is 7.30. The van der Waals surface area contributed by atoms with Crippen LogP contribution in [0.15, 0.2) is 12.5 Å². The standard InChI is InChI=1S/C12H17N3O3/c16-10(17)6-12(4-2-1-3-5-12)15-11(18)9-7-13-8-14-9/h7-8H,1-6H2,(H,13,14)(H,15,18)(H,16,17). The maximum absolute atomic E-state index is 12.0. The van der Waals surface area contributed by atoms with Crippen molar-refractivity contribution in [3.63, 3.8) is 0 Å². The lowest BCUT2D eigenvalue weighted by Gasteiger charge is -2.36. The summed E-state index contributed by atoms with van der Waals surface area (Å²) >= 11 is 0. The van der Waals surface area contributed by atoms with Crippen LogP contribution in [0.1, 0.15) is 49.0 Å². The molecule has 1 fully saturated rings. The van der Waals surface area contributed by atoms with Crippen LogP contribution in [-0.2, 0) is 4.79 Å². The Morgan fingerprint density at radius 3 is 2.67 bits per heavy atom. The molecular formula is C12H17N3O3. The van der Waals surface area contributed by atoms with Gasteiger partial charge in [-0.2, -0.15) is 0 Å².